The summed E-state index contributed by atoms with van der Waals surface area (Å²) >= 11 is 0. The minimum Gasteiger partial charge on any atom is -0.272 e. The van der Waals surface area contributed by atoms with Gasteiger partial charge in [-0.1, -0.05) is 13.3 Å². The van der Waals surface area contributed by atoms with E-state index in [2.05, 4.69) is 6.92 Å². The summed E-state index contributed by atoms with van der Waals surface area (Å²) in [6.45, 7) is 2.11. The van der Waals surface area contributed by atoms with Crippen LogP contribution >= 0.6 is 0 Å². The summed E-state index contributed by atoms with van der Waals surface area (Å²) in [7, 11) is 0. The van der Waals surface area contributed by atoms with Crippen LogP contribution in [0.15, 0.2) is 12.2 Å². The molecule has 1 aliphatic heterocycles. The molecule has 0 N–H and O–H groups in total. The number of nitrogens with zero attached hydrogens (tertiary/aromatic N) is 1. The lowest BCUT2D eigenvalue weighted by atomic mass is 10.1. The smallest absolute Gasteiger partial charge is 0.253 e. The molecule has 2 rings (SSSR count). The molecule has 0 spiro atoms. The monoisotopic (exact) mass is 179 g/mol. The normalized spacial score (nSPS) is 33.5. The van der Waals surface area contributed by atoms with Crippen molar-refractivity contribution in [2.75, 3.05) is 0 Å². The van der Waals surface area contributed by atoms with Crippen molar-refractivity contribution in [2.24, 2.45) is 5.92 Å². The van der Waals surface area contributed by atoms with Gasteiger partial charge in [0.05, 0.1) is 0 Å². The third kappa shape index (κ3) is 1.28. The molecule has 1 heterocycles. The Morgan fingerprint density at radius 2 is 1.85 bits per heavy atom. The summed E-state index contributed by atoms with van der Waals surface area (Å²) in [5.74, 6) is 0.195. The van der Waals surface area contributed by atoms with Gasteiger partial charge >= 0.3 is 0 Å². The Morgan fingerprint density at radius 3 is 2.31 bits per heavy atom. The standard InChI is InChI=1S/C10H13NO2/c1-7-3-2-4-8(7)11-9(12)5-6-10(11)13/h5-8H,2-4H2,1H3. The van der Waals surface area contributed by atoms with Crippen LogP contribution in [0.4, 0.5) is 0 Å². The third-order valence-corrected chi connectivity index (χ3v) is 2.99. The first-order valence-electron chi connectivity index (χ1n) is 4.75. The molecule has 13 heavy (non-hydrogen) atoms. The van der Waals surface area contributed by atoms with Gasteiger partial charge in [-0.15, -0.1) is 0 Å². The van der Waals surface area contributed by atoms with Crippen molar-refractivity contribution < 1.29 is 9.59 Å². The van der Waals surface area contributed by atoms with Crippen molar-refractivity contribution in [2.45, 2.75) is 32.2 Å². The molecule has 0 saturated heterocycles. The number of hydrogen-bond donors (Lipinski definition) is 0. The molecule has 0 aromatic rings. The molecule has 2 aliphatic rings. The largest absolute Gasteiger partial charge is 0.272 e. The number of rotatable bonds is 1. The van der Waals surface area contributed by atoms with Crippen LogP contribution in [-0.2, 0) is 9.59 Å². The zero-order valence-electron chi connectivity index (χ0n) is 7.69. The molecular weight excluding hydrogens is 166 g/mol. The Labute approximate surface area is 77.4 Å². The van der Waals surface area contributed by atoms with E-state index < -0.39 is 0 Å². The van der Waals surface area contributed by atoms with Crippen molar-refractivity contribution in [1.29, 1.82) is 0 Å². The third-order valence-electron chi connectivity index (χ3n) is 2.99. The highest BCUT2D eigenvalue weighted by atomic mass is 16.2. The molecule has 0 bridgehead atoms. The van der Waals surface area contributed by atoms with Crippen LogP contribution in [0.3, 0.4) is 0 Å². The summed E-state index contributed by atoms with van der Waals surface area (Å²) in [6, 6.07) is 0.148. The first-order valence-corrected chi connectivity index (χ1v) is 4.75. The predicted molar refractivity (Wildman–Crippen MR) is 47.8 cm³/mol. The van der Waals surface area contributed by atoms with Crippen molar-refractivity contribution in [3.63, 3.8) is 0 Å². The number of hydrogen-bond acceptors (Lipinski definition) is 2. The predicted octanol–water partition coefficient (Wildman–Crippen LogP) is 1.10. The first kappa shape index (κ1) is 8.48. The van der Waals surface area contributed by atoms with E-state index in [9.17, 15) is 9.59 Å². The van der Waals surface area contributed by atoms with Crippen LogP contribution in [-0.4, -0.2) is 22.8 Å². The molecule has 1 saturated carbocycles. The van der Waals surface area contributed by atoms with Crippen LogP contribution in [0, 0.1) is 5.92 Å². The lowest BCUT2D eigenvalue weighted by Crippen LogP contribution is -2.41. The highest BCUT2D eigenvalue weighted by Crippen LogP contribution is 2.30. The average Bonchev–Trinajstić information content (AvgIpc) is 2.60. The van der Waals surface area contributed by atoms with Gasteiger partial charge in [-0.3, -0.25) is 14.5 Å². The maximum absolute atomic E-state index is 11.3. The highest BCUT2D eigenvalue weighted by molar-refractivity contribution is 6.13. The molecule has 3 nitrogen and oxygen atoms in total. The van der Waals surface area contributed by atoms with E-state index in [0.29, 0.717) is 5.92 Å². The molecule has 2 atom stereocenters. The topological polar surface area (TPSA) is 37.4 Å². The molecule has 1 aliphatic carbocycles. The molecule has 0 aromatic carbocycles. The summed E-state index contributed by atoms with van der Waals surface area (Å²) in [5, 5.41) is 0. The van der Waals surface area contributed by atoms with Crippen molar-refractivity contribution >= 4 is 11.8 Å². The second kappa shape index (κ2) is 2.98. The van der Waals surface area contributed by atoms with Gasteiger partial charge in [-0.05, 0) is 18.8 Å². The quantitative estimate of drug-likeness (QED) is 0.565. The Hall–Kier alpha value is -1.12. The fourth-order valence-electron chi connectivity index (χ4n) is 2.25. The van der Waals surface area contributed by atoms with Gasteiger partial charge in [0.15, 0.2) is 0 Å². The number of amides is 2. The first-order chi connectivity index (χ1) is 6.20. The lowest BCUT2D eigenvalue weighted by molar-refractivity contribution is -0.140. The molecular formula is C10H13NO2. The zero-order valence-corrected chi connectivity index (χ0v) is 7.69. The average molecular weight is 179 g/mol. The summed E-state index contributed by atoms with van der Waals surface area (Å²) in [5.41, 5.74) is 0. The van der Waals surface area contributed by atoms with E-state index in [0.717, 1.165) is 19.3 Å². The van der Waals surface area contributed by atoms with E-state index in [1.54, 1.807) is 0 Å². The van der Waals surface area contributed by atoms with E-state index in [1.165, 1.54) is 17.1 Å². The number of imide groups is 1. The molecule has 1 fully saturated rings. The molecule has 2 unspecified atom stereocenters. The van der Waals surface area contributed by atoms with Crippen LogP contribution in [0.2, 0.25) is 0 Å². The molecule has 3 heteroatoms. The molecule has 70 valence electrons. The fraction of sp³-hybridized carbons (Fsp3) is 0.600. The van der Waals surface area contributed by atoms with Crippen LogP contribution in [0.1, 0.15) is 26.2 Å². The van der Waals surface area contributed by atoms with E-state index >= 15 is 0 Å². The maximum atomic E-state index is 11.3. The number of carbonyl (C=O) groups excluding carboxylic acids is 2. The van der Waals surface area contributed by atoms with Crippen LogP contribution < -0.4 is 0 Å². The zero-order chi connectivity index (χ0) is 9.42. The van der Waals surface area contributed by atoms with Gasteiger partial charge < -0.3 is 0 Å². The molecule has 0 aromatic heterocycles. The molecule has 2 amide bonds. The SMILES string of the molecule is CC1CCCC1N1C(=O)C=CC1=O. The Balaban J connectivity index is 2.16. The minimum atomic E-state index is -0.135. The Kier molecular flexibility index (Phi) is 1.94. The highest BCUT2D eigenvalue weighted by Gasteiger charge is 2.36. The van der Waals surface area contributed by atoms with Crippen LogP contribution in [0.5, 0.6) is 0 Å². The van der Waals surface area contributed by atoms with Gasteiger partial charge in [-0.2, -0.15) is 0 Å². The summed E-state index contributed by atoms with van der Waals surface area (Å²) in [4.78, 5) is 24.1. The maximum Gasteiger partial charge on any atom is 0.253 e. The summed E-state index contributed by atoms with van der Waals surface area (Å²) in [6.07, 6.45) is 5.96. The Bertz CT molecular complexity index is 265. The van der Waals surface area contributed by atoms with Crippen molar-refractivity contribution in [3.05, 3.63) is 12.2 Å². The van der Waals surface area contributed by atoms with Gasteiger partial charge in [0.25, 0.3) is 11.8 Å². The lowest BCUT2D eigenvalue weighted by Gasteiger charge is -2.25. The number of carbonyl (C=O) groups is 2. The second-order valence-electron chi connectivity index (χ2n) is 3.86. The second-order valence-corrected chi connectivity index (χ2v) is 3.86. The van der Waals surface area contributed by atoms with Gasteiger partial charge in [0.1, 0.15) is 0 Å². The fourth-order valence-corrected chi connectivity index (χ4v) is 2.25. The van der Waals surface area contributed by atoms with Gasteiger partial charge in [-0.25, -0.2) is 0 Å². The molecule has 0 radical (unpaired) electrons. The Morgan fingerprint density at radius 1 is 1.23 bits per heavy atom. The van der Waals surface area contributed by atoms with Gasteiger partial charge in [0.2, 0.25) is 0 Å². The van der Waals surface area contributed by atoms with Gasteiger partial charge in [0, 0.05) is 18.2 Å². The minimum absolute atomic E-state index is 0.135. The van der Waals surface area contributed by atoms with E-state index in [-0.39, 0.29) is 17.9 Å². The van der Waals surface area contributed by atoms with Crippen molar-refractivity contribution in [1.82, 2.24) is 4.90 Å². The van der Waals surface area contributed by atoms with Crippen LogP contribution in [0.25, 0.3) is 0 Å². The van der Waals surface area contributed by atoms with E-state index in [4.69, 9.17) is 0 Å². The van der Waals surface area contributed by atoms with Crippen molar-refractivity contribution in [3.8, 4) is 0 Å². The summed E-state index contributed by atoms with van der Waals surface area (Å²) < 4.78 is 0. The van der Waals surface area contributed by atoms with E-state index in [1.807, 2.05) is 0 Å².